The van der Waals surface area contributed by atoms with Crippen LogP contribution in [0.3, 0.4) is 0 Å². The number of benzene rings is 1. The van der Waals surface area contributed by atoms with Gasteiger partial charge in [-0.2, -0.15) is 0 Å². The van der Waals surface area contributed by atoms with Crippen molar-refractivity contribution in [3.63, 3.8) is 0 Å². The number of alkyl halides is 2. The maximum absolute atomic E-state index is 17.5. The summed E-state index contributed by atoms with van der Waals surface area (Å²) in [5.74, 6) is -3.14. The summed E-state index contributed by atoms with van der Waals surface area (Å²) in [6.45, 7) is 5.34. The van der Waals surface area contributed by atoms with E-state index in [1.807, 2.05) is 6.92 Å². The number of carboxylic acid groups (broad SMARTS) is 1. The fraction of sp³-hybridized carbons (Fsp3) is 0.571. The minimum absolute atomic E-state index is 0.0412. The van der Waals surface area contributed by atoms with Crippen molar-refractivity contribution in [3.05, 3.63) is 53.1 Å². The molecule has 4 fully saturated rings. The lowest BCUT2D eigenvalue weighted by molar-refractivity contribution is -0.259. The number of allylic oxidation sites excluding steroid dienone is 4. The highest BCUT2D eigenvalue weighted by Gasteiger charge is 2.84. The number of carboxylic acids is 1. The van der Waals surface area contributed by atoms with E-state index in [1.165, 1.54) is 24.1 Å². The second-order valence-corrected chi connectivity index (χ2v) is 12.5. The minimum atomic E-state index is -2.29. The summed E-state index contributed by atoms with van der Waals surface area (Å²) >= 11 is 6.16. The molecule has 1 heterocycles. The molecule has 1 aromatic rings. The summed E-state index contributed by atoms with van der Waals surface area (Å²) in [4.78, 5) is 31.5. The Morgan fingerprint density at radius 1 is 1.24 bits per heavy atom. The topological polar surface area (TPSA) is 87.1 Å². The summed E-state index contributed by atoms with van der Waals surface area (Å²) in [5.41, 5.74) is -7.18. The summed E-state index contributed by atoms with van der Waals surface area (Å²) in [6.07, 6.45) is 0.416. The van der Waals surface area contributed by atoms with Gasteiger partial charge in [0.25, 0.3) is 0 Å². The van der Waals surface area contributed by atoms with Crippen LogP contribution in [0.5, 0.6) is 0 Å². The van der Waals surface area contributed by atoms with Gasteiger partial charge < -0.3 is 10.2 Å². The van der Waals surface area contributed by atoms with Gasteiger partial charge in [-0.3, -0.25) is 14.7 Å². The molecule has 198 valence electrons. The first kappa shape index (κ1) is 25.0. The Kier molecular flexibility index (Phi) is 5.02. The van der Waals surface area contributed by atoms with Gasteiger partial charge in [0.1, 0.15) is 6.17 Å². The van der Waals surface area contributed by atoms with Crippen molar-refractivity contribution in [2.45, 2.75) is 63.6 Å². The molecule has 0 amide bonds. The number of hydrogen-bond acceptors (Lipinski definition) is 5. The number of nitrogens with zero attached hydrogens (tertiary/aromatic N) is 1. The molecule has 0 spiro atoms. The largest absolute Gasteiger partial charge is 0.479 e. The molecule has 1 saturated heterocycles. The van der Waals surface area contributed by atoms with Gasteiger partial charge in [-0.15, -0.1) is 0 Å². The SMILES string of the molecule is C[C@]12C[C@H](O)[C@@]3(F)[C@@H](C[C@H](F)C4=CC(=O)C=C[C@@]43C)[C@]1(C)C[C@H]1CN(c3cccc(Cl)c3)O[C@]12C(=O)O. The van der Waals surface area contributed by atoms with Crippen LogP contribution in [0.1, 0.15) is 40.0 Å². The fourth-order valence-electron chi connectivity index (χ4n) is 8.85. The van der Waals surface area contributed by atoms with E-state index in [9.17, 15) is 19.8 Å². The van der Waals surface area contributed by atoms with Crippen molar-refractivity contribution in [3.8, 4) is 0 Å². The second kappa shape index (κ2) is 7.42. The van der Waals surface area contributed by atoms with Crippen molar-refractivity contribution < 1.29 is 33.4 Å². The predicted octanol–water partition coefficient (Wildman–Crippen LogP) is 4.85. The number of fused-ring (bicyclic) bond motifs is 7. The Morgan fingerprint density at radius 3 is 2.65 bits per heavy atom. The van der Waals surface area contributed by atoms with Crippen molar-refractivity contribution in [2.75, 3.05) is 11.6 Å². The Bertz CT molecular complexity index is 1290. The number of carbonyl (C=O) groups excluding carboxylic acids is 1. The lowest BCUT2D eigenvalue weighted by Crippen LogP contribution is -2.73. The lowest BCUT2D eigenvalue weighted by Gasteiger charge is -2.66. The van der Waals surface area contributed by atoms with E-state index in [0.29, 0.717) is 10.7 Å². The van der Waals surface area contributed by atoms with E-state index in [4.69, 9.17) is 16.4 Å². The molecular weight excluding hydrogens is 504 g/mol. The first-order chi connectivity index (χ1) is 17.2. The number of aliphatic carboxylic acids is 1. The van der Waals surface area contributed by atoms with Crippen LogP contribution < -0.4 is 5.06 Å². The van der Waals surface area contributed by atoms with Gasteiger partial charge in [0.15, 0.2) is 11.5 Å². The van der Waals surface area contributed by atoms with Crippen LogP contribution >= 0.6 is 11.6 Å². The van der Waals surface area contributed by atoms with Crippen LogP contribution in [-0.2, 0) is 14.4 Å². The molecule has 0 bridgehead atoms. The Labute approximate surface area is 218 Å². The molecule has 1 aliphatic heterocycles. The number of aliphatic hydroxyl groups excluding tert-OH is 1. The van der Waals surface area contributed by atoms with Crippen LogP contribution in [0.15, 0.2) is 48.1 Å². The van der Waals surface area contributed by atoms with Crippen molar-refractivity contribution >= 4 is 29.0 Å². The van der Waals surface area contributed by atoms with E-state index in [2.05, 4.69) is 0 Å². The normalized spacial score (nSPS) is 48.1. The van der Waals surface area contributed by atoms with E-state index in [-0.39, 0.29) is 31.4 Å². The zero-order chi connectivity index (χ0) is 26.8. The molecule has 9 atom stereocenters. The van der Waals surface area contributed by atoms with Crippen molar-refractivity contribution in [1.29, 1.82) is 0 Å². The van der Waals surface area contributed by atoms with Crippen LogP contribution in [0.2, 0.25) is 5.02 Å². The maximum Gasteiger partial charge on any atom is 0.339 e. The molecule has 4 aliphatic carbocycles. The number of rotatable bonds is 2. The molecule has 0 unspecified atom stereocenters. The monoisotopic (exact) mass is 533 g/mol. The van der Waals surface area contributed by atoms with Gasteiger partial charge in [0.2, 0.25) is 5.60 Å². The Hall–Kier alpha value is -2.29. The lowest BCUT2D eigenvalue weighted by atomic mass is 9.40. The van der Waals surface area contributed by atoms with E-state index in [0.717, 1.165) is 6.08 Å². The van der Waals surface area contributed by atoms with Gasteiger partial charge in [-0.05, 0) is 67.5 Å². The van der Waals surface area contributed by atoms with Crippen LogP contribution in [0, 0.1) is 28.1 Å². The highest BCUT2D eigenvalue weighted by Crippen LogP contribution is 2.77. The summed E-state index contributed by atoms with van der Waals surface area (Å²) < 4.78 is 33.3. The fourth-order valence-corrected chi connectivity index (χ4v) is 9.04. The van der Waals surface area contributed by atoms with Crippen LogP contribution in [0.4, 0.5) is 14.5 Å². The average molecular weight is 534 g/mol. The van der Waals surface area contributed by atoms with Crippen LogP contribution in [-0.4, -0.2) is 52.1 Å². The van der Waals surface area contributed by atoms with Gasteiger partial charge in [-0.1, -0.05) is 37.6 Å². The molecule has 0 aromatic heterocycles. The average Bonchev–Trinajstić information content (AvgIpc) is 3.29. The highest BCUT2D eigenvalue weighted by molar-refractivity contribution is 6.30. The molecule has 9 heteroatoms. The van der Waals surface area contributed by atoms with Crippen molar-refractivity contribution in [1.82, 2.24) is 0 Å². The molecule has 37 heavy (non-hydrogen) atoms. The quantitative estimate of drug-likeness (QED) is 0.565. The zero-order valence-electron chi connectivity index (χ0n) is 20.9. The molecular formula is C28H30ClF2NO5. The zero-order valence-corrected chi connectivity index (χ0v) is 21.6. The Balaban J connectivity index is 1.48. The molecule has 5 aliphatic rings. The second-order valence-electron chi connectivity index (χ2n) is 12.1. The number of carbonyl (C=O) groups is 2. The summed E-state index contributed by atoms with van der Waals surface area (Å²) in [5, 5.41) is 24.2. The minimum Gasteiger partial charge on any atom is -0.479 e. The van der Waals surface area contributed by atoms with Gasteiger partial charge in [0, 0.05) is 27.7 Å². The Morgan fingerprint density at radius 2 is 1.97 bits per heavy atom. The first-order valence-corrected chi connectivity index (χ1v) is 13.0. The molecule has 0 radical (unpaired) electrons. The standard InChI is InChI=1S/C28H30ClF2NO5/c1-24-8-7-18(33)10-19(24)20(30)11-21-25(2)12-15-14-32(17-6-4-5-16(29)9-17)37-28(15,23(35)36)26(25,3)13-22(34)27(21,24)31/h4-10,15,20-22,34H,11-14H2,1-3H3,(H,35,36)/t15-,20-,21-,22-,24-,25-,26-,27-,28-/m0/s1. The number of halogens is 3. The third kappa shape index (κ3) is 2.72. The number of hydroxylamine groups is 1. The maximum atomic E-state index is 17.5. The number of aliphatic hydroxyl groups is 1. The number of ketones is 1. The number of anilines is 1. The highest BCUT2D eigenvalue weighted by atomic mass is 35.5. The van der Waals surface area contributed by atoms with E-state index < -0.39 is 63.4 Å². The first-order valence-electron chi connectivity index (χ1n) is 12.7. The molecule has 6 rings (SSSR count). The smallest absolute Gasteiger partial charge is 0.339 e. The molecule has 2 N–H and O–H groups in total. The van der Waals surface area contributed by atoms with E-state index >= 15 is 8.78 Å². The summed E-state index contributed by atoms with van der Waals surface area (Å²) in [7, 11) is 0. The third-order valence-electron chi connectivity index (χ3n) is 10.8. The molecule has 1 aromatic carbocycles. The predicted molar refractivity (Wildman–Crippen MR) is 132 cm³/mol. The van der Waals surface area contributed by atoms with E-state index in [1.54, 1.807) is 31.2 Å². The molecule has 6 nitrogen and oxygen atoms in total. The summed E-state index contributed by atoms with van der Waals surface area (Å²) in [6, 6.07) is 6.90. The van der Waals surface area contributed by atoms with Gasteiger partial charge in [0.05, 0.1) is 18.3 Å². The van der Waals surface area contributed by atoms with Gasteiger partial charge >= 0.3 is 5.97 Å². The van der Waals surface area contributed by atoms with Crippen molar-refractivity contribution in [2.24, 2.45) is 28.1 Å². The van der Waals surface area contributed by atoms with Crippen LogP contribution in [0.25, 0.3) is 0 Å². The third-order valence-corrected chi connectivity index (χ3v) is 11.0. The molecule has 3 saturated carbocycles. The van der Waals surface area contributed by atoms with Gasteiger partial charge in [-0.25, -0.2) is 13.6 Å². The number of hydrogen-bond donors (Lipinski definition) is 2.